The molecule has 0 bridgehead atoms. The van der Waals surface area contributed by atoms with Crippen molar-refractivity contribution in [1.29, 1.82) is 0 Å². The Bertz CT molecular complexity index is 497. The highest BCUT2D eigenvalue weighted by Gasteiger charge is 2.41. The van der Waals surface area contributed by atoms with E-state index in [4.69, 9.17) is 4.74 Å². The molecule has 0 saturated heterocycles. The van der Waals surface area contributed by atoms with Gasteiger partial charge >= 0.3 is 0 Å². The number of hydrogen-bond acceptors (Lipinski definition) is 2. The highest BCUT2D eigenvalue weighted by Crippen LogP contribution is 2.27. The Kier molecular flexibility index (Phi) is 5.18. The van der Waals surface area contributed by atoms with E-state index in [0.717, 1.165) is 24.9 Å². The Morgan fingerprint density at radius 2 is 2.05 bits per heavy atom. The number of allylic oxidation sites excluding steroid dienone is 1. The summed E-state index contributed by atoms with van der Waals surface area (Å²) in [4.78, 5) is 14.9. The van der Waals surface area contributed by atoms with Crippen LogP contribution in [0.5, 0.6) is 0 Å². The van der Waals surface area contributed by atoms with E-state index in [0.29, 0.717) is 6.54 Å². The van der Waals surface area contributed by atoms with Crippen molar-refractivity contribution in [1.82, 2.24) is 4.90 Å². The van der Waals surface area contributed by atoms with Crippen LogP contribution >= 0.6 is 0 Å². The van der Waals surface area contributed by atoms with Crippen molar-refractivity contribution in [2.24, 2.45) is 5.92 Å². The molecule has 0 N–H and O–H groups in total. The number of benzene rings is 1. The van der Waals surface area contributed by atoms with Crippen LogP contribution in [0.25, 0.3) is 0 Å². The number of nitrogens with zero attached hydrogens (tertiary/aromatic N) is 1. The Labute approximate surface area is 127 Å². The monoisotopic (exact) mass is 287 g/mol. The Hall–Kier alpha value is -1.61. The van der Waals surface area contributed by atoms with E-state index in [1.807, 2.05) is 36.9 Å². The van der Waals surface area contributed by atoms with Gasteiger partial charge in [0.2, 0.25) is 0 Å². The van der Waals surface area contributed by atoms with E-state index >= 15 is 0 Å². The molecule has 1 aliphatic heterocycles. The zero-order chi connectivity index (χ0) is 15.3. The van der Waals surface area contributed by atoms with E-state index < -0.39 is 5.60 Å². The molecule has 3 nitrogen and oxygen atoms in total. The number of ether oxygens (including phenoxy) is 1. The average Bonchev–Trinajstić information content (AvgIpc) is 2.56. The molecule has 2 atom stereocenters. The lowest BCUT2D eigenvalue weighted by Gasteiger charge is -2.36. The SMILES string of the molecule is COC1(C)C(=O)N(Cc2ccccc2)CCC/C=C/C1C. The minimum atomic E-state index is -0.796. The molecule has 0 fully saturated rings. The molecule has 0 saturated carbocycles. The second-order valence-electron chi connectivity index (χ2n) is 5.88. The first-order chi connectivity index (χ1) is 10.1. The third kappa shape index (κ3) is 3.53. The van der Waals surface area contributed by atoms with E-state index in [1.54, 1.807) is 7.11 Å². The summed E-state index contributed by atoms with van der Waals surface area (Å²) in [5.74, 6) is 0.138. The Morgan fingerprint density at radius 1 is 1.33 bits per heavy atom. The van der Waals surface area contributed by atoms with E-state index in [1.165, 1.54) is 0 Å². The largest absolute Gasteiger partial charge is 0.368 e. The lowest BCUT2D eigenvalue weighted by molar-refractivity contribution is -0.157. The van der Waals surface area contributed by atoms with Gasteiger partial charge in [-0.05, 0) is 25.3 Å². The lowest BCUT2D eigenvalue weighted by atomic mass is 9.88. The molecule has 1 amide bonds. The fourth-order valence-corrected chi connectivity index (χ4v) is 2.72. The van der Waals surface area contributed by atoms with E-state index in [2.05, 4.69) is 24.3 Å². The fraction of sp³-hybridized carbons (Fsp3) is 0.500. The summed E-state index contributed by atoms with van der Waals surface area (Å²) in [7, 11) is 1.63. The molecule has 2 unspecified atom stereocenters. The number of rotatable bonds is 3. The topological polar surface area (TPSA) is 29.5 Å². The maximum Gasteiger partial charge on any atom is 0.255 e. The molecule has 114 valence electrons. The molecule has 1 aromatic carbocycles. The standard InChI is InChI=1S/C18H25NO2/c1-15-10-6-5-9-13-19(17(20)18(15,2)21-3)14-16-11-7-4-8-12-16/h4,6-8,10-12,15H,5,9,13-14H2,1-3H3/b10-6+. The third-order valence-corrected chi connectivity index (χ3v) is 4.44. The van der Waals surface area contributed by atoms with Crippen LogP contribution in [0.3, 0.4) is 0 Å². The van der Waals surface area contributed by atoms with Gasteiger partial charge in [0.15, 0.2) is 0 Å². The second-order valence-corrected chi connectivity index (χ2v) is 5.88. The van der Waals surface area contributed by atoms with Gasteiger partial charge in [-0.2, -0.15) is 0 Å². The van der Waals surface area contributed by atoms with E-state index in [-0.39, 0.29) is 11.8 Å². The van der Waals surface area contributed by atoms with Gasteiger partial charge in [0.25, 0.3) is 5.91 Å². The van der Waals surface area contributed by atoms with E-state index in [9.17, 15) is 4.79 Å². The van der Waals surface area contributed by atoms with Crippen molar-refractivity contribution in [2.45, 2.75) is 38.8 Å². The summed E-state index contributed by atoms with van der Waals surface area (Å²) in [5.41, 5.74) is 0.361. The van der Waals surface area contributed by atoms with Crippen molar-refractivity contribution in [2.75, 3.05) is 13.7 Å². The number of carbonyl (C=O) groups is 1. The van der Waals surface area contributed by atoms with Gasteiger partial charge in [-0.3, -0.25) is 4.79 Å². The summed E-state index contributed by atoms with van der Waals surface area (Å²) in [6.07, 6.45) is 6.26. The van der Waals surface area contributed by atoms with Crippen LogP contribution < -0.4 is 0 Å². The predicted octanol–water partition coefficient (Wildman–Crippen LogP) is 3.41. The van der Waals surface area contributed by atoms with Crippen LogP contribution in [0.1, 0.15) is 32.3 Å². The first-order valence-electron chi connectivity index (χ1n) is 7.63. The first-order valence-corrected chi connectivity index (χ1v) is 7.63. The lowest BCUT2D eigenvalue weighted by Crippen LogP contribution is -2.51. The van der Waals surface area contributed by atoms with Crippen molar-refractivity contribution in [3.8, 4) is 0 Å². The zero-order valence-corrected chi connectivity index (χ0v) is 13.2. The average molecular weight is 287 g/mol. The molecule has 1 heterocycles. The number of methoxy groups -OCH3 is 1. The van der Waals surface area contributed by atoms with Crippen LogP contribution in [0.2, 0.25) is 0 Å². The summed E-state index contributed by atoms with van der Waals surface area (Å²) in [5, 5.41) is 0. The number of amides is 1. The maximum absolute atomic E-state index is 13.0. The molecule has 0 spiro atoms. The smallest absolute Gasteiger partial charge is 0.255 e. The van der Waals surface area contributed by atoms with Crippen LogP contribution in [-0.2, 0) is 16.1 Å². The molecule has 21 heavy (non-hydrogen) atoms. The second kappa shape index (κ2) is 6.90. The summed E-state index contributed by atoms with van der Waals surface area (Å²) in [6.45, 7) is 5.35. The highest BCUT2D eigenvalue weighted by atomic mass is 16.5. The third-order valence-electron chi connectivity index (χ3n) is 4.44. The van der Waals surface area contributed by atoms with Crippen LogP contribution in [0.15, 0.2) is 42.5 Å². The zero-order valence-electron chi connectivity index (χ0n) is 13.2. The predicted molar refractivity (Wildman–Crippen MR) is 84.8 cm³/mol. The van der Waals surface area contributed by atoms with Gasteiger partial charge in [-0.1, -0.05) is 49.4 Å². The van der Waals surface area contributed by atoms with Gasteiger partial charge in [0, 0.05) is 26.1 Å². The molecule has 3 heteroatoms. The summed E-state index contributed by atoms with van der Waals surface area (Å²) in [6, 6.07) is 10.1. The minimum Gasteiger partial charge on any atom is -0.368 e. The Morgan fingerprint density at radius 3 is 2.71 bits per heavy atom. The summed E-state index contributed by atoms with van der Waals surface area (Å²) < 4.78 is 5.62. The number of carbonyl (C=O) groups excluding carboxylic acids is 1. The highest BCUT2D eigenvalue weighted by molar-refractivity contribution is 5.85. The van der Waals surface area contributed by atoms with Crippen molar-refractivity contribution < 1.29 is 9.53 Å². The molecule has 1 aliphatic rings. The van der Waals surface area contributed by atoms with Gasteiger partial charge in [0.05, 0.1) is 0 Å². The molecule has 2 rings (SSSR count). The van der Waals surface area contributed by atoms with Crippen molar-refractivity contribution >= 4 is 5.91 Å². The van der Waals surface area contributed by atoms with Gasteiger partial charge in [-0.25, -0.2) is 0 Å². The van der Waals surface area contributed by atoms with Crippen LogP contribution in [0, 0.1) is 5.92 Å². The van der Waals surface area contributed by atoms with Crippen molar-refractivity contribution in [3.63, 3.8) is 0 Å². The molecular formula is C18H25NO2. The normalized spacial score (nSPS) is 28.6. The number of hydrogen-bond donors (Lipinski definition) is 0. The fourth-order valence-electron chi connectivity index (χ4n) is 2.72. The molecular weight excluding hydrogens is 262 g/mol. The van der Waals surface area contributed by atoms with Gasteiger partial charge < -0.3 is 9.64 Å². The molecule has 1 aromatic rings. The summed E-state index contributed by atoms with van der Waals surface area (Å²) >= 11 is 0. The van der Waals surface area contributed by atoms with Crippen LogP contribution in [0.4, 0.5) is 0 Å². The van der Waals surface area contributed by atoms with Crippen LogP contribution in [-0.4, -0.2) is 30.1 Å². The molecule has 0 aliphatic carbocycles. The quantitative estimate of drug-likeness (QED) is 0.797. The maximum atomic E-state index is 13.0. The molecule has 0 radical (unpaired) electrons. The van der Waals surface area contributed by atoms with Gasteiger partial charge in [0.1, 0.15) is 5.60 Å². The Balaban J connectivity index is 2.25. The van der Waals surface area contributed by atoms with Crippen molar-refractivity contribution in [3.05, 3.63) is 48.0 Å². The minimum absolute atomic E-state index is 0.0615. The first kappa shape index (κ1) is 15.8. The molecule has 0 aromatic heterocycles. The van der Waals surface area contributed by atoms with Gasteiger partial charge in [-0.15, -0.1) is 0 Å².